The van der Waals surface area contributed by atoms with E-state index in [1.54, 1.807) is 16.9 Å². The molecule has 2 aromatic rings. The van der Waals surface area contributed by atoms with Gasteiger partial charge in [-0.2, -0.15) is 5.10 Å². The number of rotatable bonds is 5. The molecular formula is C13H15ClN4O2. The fourth-order valence-corrected chi connectivity index (χ4v) is 1.96. The van der Waals surface area contributed by atoms with Gasteiger partial charge >= 0.3 is 5.97 Å². The highest BCUT2D eigenvalue weighted by atomic mass is 35.5. The number of ether oxygens (including phenoxy) is 1. The van der Waals surface area contributed by atoms with Crippen molar-refractivity contribution in [1.29, 1.82) is 0 Å². The zero-order chi connectivity index (χ0) is 14.5. The van der Waals surface area contributed by atoms with Crippen LogP contribution in [0.25, 0.3) is 0 Å². The summed E-state index contributed by atoms with van der Waals surface area (Å²) in [6.45, 7) is 1.28. The maximum absolute atomic E-state index is 11.5. The van der Waals surface area contributed by atoms with Crippen LogP contribution >= 0.6 is 11.6 Å². The van der Waals surface area contributed by atoms with E-state index in [2.05, 4.69) is 15.2 Å². The summed E-state index contributed by atoms with van der Waals surface area (Å²) in [5.41, 5.74) is 7.24. The van der Waals surface area contributed by atoms with E-state index < -0.39 is 5.97 Å². The van der Waals surface area contributed by atoms with Crippen molar-refractivity contribution in [2.24, 2.45) is 0 Å². The van der Waals surface area contributed by atoms with Crippen LogP contribution in [0.1, 0.15) is 10.4 Å². The van der Waals surface area contributed by atoms with Gasteiger partial charge in [0.05, 0.1) is 35.6 Å². The Balaban J connectivity index is 2.09. The Bertz CT molecular complexity index is 599. The zero-order valence-corrected chi connectivity index (χ0v) is 11.7. The zero-order valence-electron chi connectivity index (χ0n) is 11.0. The summed E-state index contributed by atoms with van der Waals surface area (Å²) >= 11 is 6.01. The van der Waals surface area contributed by atoms with Gasteiger partial charge < -0.3 is 15.8 Å². The van der Waals surface area contributed by atoms with Gasteiger partial charge in [0.2, 0.25) is 0 Å². The molecule has 20 heavy (non-hydrogen) atoms. The van der Waals surface area contributed by atoms with Crippen molar-refractivity contribution < 1.29 is 9.53 Å². The Morgan fingerprint density at radius 3 is 3.00 bits per heavy atom. The maximum atomic E-state index is 11.5. The minimum absolute atomic E-state index is 0.314. The first kappa shape index (κ1) is 14.2. The predicted molar refractivity (Wildman–Crippen MR) is 77.9 cm³/mol. The molecule has 0 radical (unpaired) electrons. The largest absolute Gasteiger partial charge is 0.465 e. The number of nitrogens with zero attached hydrogens (tertiary/aromatic N) is 2. The summed E-state index contributed by atoms with van der Waals surface area (Å²) in [5, 5.41) is 7.54. The topological polar surface area (TPSA) is 82.2 Å². The Morgan fingerprint density at radius 2 is 2.35 bits per heavy atom. The monoisotopic (exact) mass is 294 g/mol. The molecule has 0 unspecified atom stereocenters. The van der Waals surface area contributed by atoms with Crippen LogP contribution in [-0.2, 0) is 11.3 Å². The molecule has 1 aromatic heterocycles. The van der Waals surface area contributed by atoms with Gasteiger partial charge in [-0.3, -0.25) is 4.68 Å². The number of anilines is 2. The number of nitrogens with two attached hydrogens (primary N) is 1. The fraction of sp³-hybridized carbons (Fsp3) is 0.231. The summed E-state index contributed by atoms with van der Waals surface area (Å²) in [6.07, 6.45) is 3.58. The van der Waals surface area contributed by atoms with Crippen molar-refractivity contribution in [1.82, 2.24) is 9.78 Å². The second kappa shape index (κ2) is 6.29. The minimum Gasteiger partial charge on any atom is -0.465 e. The molecule has 0 aliphatic carbocycles. The number of hydrogen-bond acceptors (Lipinski definition) is 5. The SMILES string of the molecule is COC(=O)c1cc(Cl)c(N)c(NCCn2cccn2)c1. The number of esters is 1. The number of nitrogen functional groups attached to an aromatic ring is 1. The number of carbonyl (C=O) groups excluding carboxylic acids is 1. The van der Waals surface area contributed by atoms with Gasteiger partial charge in [0.15, 0.2) is 0 Å². The molecule has 1 heterocycles. The van der Waals surface area contributed by atoms with E-state index in [9.17, 15) is 4.79 Å². The molecule has 7 heteroatoms. The van der Waals surface area contributed by atoms with E-state index in [4.69, 9.17) is 17.3 Å². The average molecular weight is 295 g/mol. The van der Waals surface area contributed by atoms with Crippen molar-refractivity contribution in [3.8, 4) is 0 Å². The molecule has 0 atom stereocenters. The molecule has 106 valence electrons. The van der Waals surface area contributed by atoms with Crippen LogP contribution in [0.2, 0.25) is 5.02 Å². The first-order chi connectivity index (χ1) is 9.61. The van der Waals surface area contributed by atoms with Crippen molar-refractivity contribution in [2.75, 3.05) is 24.7 Å². The number of aromatic nitrogens is 2. The average Bonchev–Trinajstić information content (AvgIpc) is 2.95. The van der Waals surface area contributed by atoms with Gasteiger partial charge in [-0.15, -0.1) is 0 Å². The lowest BCUT2D eigenvalue weighted by Gasteiger charge is -2.12. The normalized spacial score (nSPS) is 10.3. The Labute approximate surface area is 121 Å². The molecule has 0 amide bonds. The third-order valence-corrected chi connectivity index (χ3v) is 3.08. The summed E-state index contributed by atoms with van der Waals surface area (Å²) in [5.74, 6) is -0.456. The van der Waals surface area contributed by atoms with E-state index >= 15 is 0 Å². The molecule has 0 saturated heterocycles. The van der Waals surface area contributed by atoms with Gasteiger partial charge in [0.25, 0.3) is 0 Å². The highest BCUT2D eigenvalue weighted by Crippen LogP contribution is 2.29. The van der Waals surface area contributed by atoms with E-state index in [1.807, 2.05) is 12.3 Å². The van der Waals surface area contributed by atoms with Crippen LogP contribution in [0, 0.1) is 0 Å². The molecule has 2 rings (SSSR count). The number of hydrogen-bond donors (Lipinski definition) is 2. The van der Waals surface area contributed by atoms with Crippen LogP contribution in [0.4, 0.5) is 11.4 Å². The smallest absolute Gasteiger partial charge is 0.337 e. The predicted octanol–water partition coefficient (Wildman–Crippen LogP) is 2.02. The number of nitrogens with one attached hydrogen (secondary N) is 1. The second-order valence-corrected chi connectivity index (χ2v) is 4.51. The quantitative estimate of drug-likeness (QED) is 0.651. The molecule has 0 spiro atoms. The standard InChI is InChI=1S/C13H15ClN4O2/c1-20-13(19)9-7-10(14)12(15)11(8-9)16-4-6-18-5-2-3-17-18/h2-3,5,7-8,16H,4,6,15H2,1H3. The van der Waals surface area contributed by atoms with E-state index in [0.717, 1.165) is 0 Å². The molecule has 1 aromatic carbocycles. The molecular weight excluding hydrogens is 280 g/mol. The lowest BCUT2D eigenvalue weighted by molar-refractivity contribution is 0.0601. The van der Waals surface area contributed by atoms with Crippen LogP contribution < -0.4 is 11.1 Å². The molecule has 0 aliphatic heterocycles. The van der Waals surface area contributed by atoms with Crippen molar-refractivity contribution in [2.45, 2.75) is 6.54 Å². The Hall–Kier alpha value is -2.21. The first-order valence-electron chi connectivity index (χ1n) is 6.00. The van der Waals surface area contributed by atoms with Gasteiger partial charge in [-0.1, -0.05) is 11.6 Å². The number of methoxy groups -OCH3 is 1. The molecule has 0 bridgehead atoms. The summed E-state index contributed by atoms with van der Waals surface area (Å²) in [6, 6.07) is 4.96. The van der Waals surface area contributed by atoms with Gasteiger partial charge in [-0.05, 0) is 18.2 Å². The fourth-order valence-electron chi connectivity index (χ4n) is 1.74. The Kier molecular flexibility index (Phi) is 4.47. The highest BCUT2D eigenvalue weighted by Gasteiger charge is 2.12. The van der Waals surface area contributed by atoms with Crippen LogP contribution in [0.5, 0.6) is 0 Å². The van der Waals surface area contributed by atoms with E-state index in [0.29, 0.717) is 35.1 Å². The Morgan fingerprint density at radius 1 is 1.55 bits per heavy atom. The number of benzene rings is 1. The molecule has 0 saturated carbocycles. The summed E-state index contributed by atoms with van der Waals surface area (Å²) in [7, 11) is 1.32. The van der Waals surface area contributed by atoms with Crippen molar-refractivity contribution >= 4 is 28.9 Å². The van der Waals surface area contributed by atoms with E-state index in [-0.39, 0.29) is 0 Å². The maximum Gasteiger partial charge on any atom is 0.337 e. The van der Waals surface area contributed by atoms with Gasteiger partial charge in [0.1, 0.15) is 0 Å². The lowest BCUT2D eigenvalue weighted by atomic mass is 10.1. The van der Waals surface area contributed by atoms with E-state index in [1.165, 1.54) is 13.2 Å². The van der Waals surface area contributed by atoms with Crippen LogP contribution in [0.15, 0.2) is 30.6 Å². The van der Waals surface area contributed by atoms with Crippen molar-refractivity contribution in [3.63, 3.8) is 0 Å². The van der Waals surface area contributed by atoms with Crippen molar-refractivity contribution in [3.05, 3.63) is 41.2 Å². The molecule has 6 nitrogen and oxygen atoms in total. The van der Waals surface area contributed by atoms with Gasteiger partial charge in [0, 0.05) is 18.9 Å². The van der Waals surface area contributed by atoms with Crippen LogP contribution in [-0.4, -0.2) is 29.4 Å². The highest BCUT2D eigenvalue weighted by molar-refractivity contribution is 6.34. The molecule has 0 fully saturated rings. The first-order valence-corrected chi connectivity index (χ1v) is 6.38. The minimum atomic E-state index is -0.456. The summed E-state index contributed by atoms with van der Waals surface area (Å²) in [4.78, 5) is 11.5. The van der Waals surface area contributed by atoms with Gasteiger partial charge in [-0.25, -0.2) is 4.79 Å². The third-order valence-electron chi connectivity index (χ3n) is 2.77. The second-order valence-electron chi connectivity index (χ2n) is 4.11. The number of carbonyl (C=O) groups is 1. The number of halogens is 1. The molecule has 3 N–H and O–H groups in total. The lowest BCUT2D eigenvalue weighted by Crippen LogP contribution is -2.13. The van der Waals surface area contributed by atoms with Crippen LogP contribution in [0.3, 0.4) is 0 Å². The molecule has 0 aliphatic rings. The third kappa shape index (κ3) is 3.21. The summed E-state index contributed by atoms with van der Waals surface area (Å²) < 4.78 is 6.46.